The fraction of sp³-hybridized carbons (Fsp3) is 0.600. The third kappa shape index (κ3) is 4.19. The normalized spacial score (nSPS) is 13.8. The van der Waals surface area contributed by atoms with Gasteiger partial charge in [0.1, 0.15) is 0 Å². The molecule has 2 N–H and O–H groups in total. The van der Waals surface area contributed by atoms with E-state index in [0.29, 0.717) is 12.5 Å². The maximum absolute atomic E-state index is 5.55. The molecule has 0 radical (unpaired) electrons. The van der Waals surface area contributed by atoms with Crippen molar-refractivity contribution in [3.05, 3.63) is 23.5 Å². The van der Waals surface area contributed by atoms with Gasteiger partial charge in [-0.2, -0.15) is 0 Å². The Labute approximate surface area is 75.1 Å². The largest absolute Gasteiger partial charge is 0.501 e. The number of ether oxygens (including phenoxy) is 1. The van der Waals surface area contributed by atoms with E-state index in [-0.39, 0.29) is 0 Å². The maximum Gasteiger partial charge on any atom is 0.0969 e. The molecular formula is C10H19NO. The molecule has 0 aliphatic carbocycles. The lowest BCUT2D eigenvalue weighted by Gasteiger charge is -2.04. The van der Waals surface area contributed by atoms with Crippen LogP contribution < -0.4 is 5.73 Å². The van der Waals surface area contributed by atoms with Gasteiger partial charge in [0, 0.05) is 12.1 Å². The molecule has 0 spiro atoms. The van der Waals surface area contributed by atoms with Crippen LogP contribution in [0.15, 0.2) is 23.5 Å². The van der Waals surface area contributed by atoms with Gasteiger partial charge >= 0.3 is 0 Å². The minimum absolute atomic E-state index is 0.531. The molecule has 0 aromatic carbocycles. The number of hydrogen-bond donors (Lipinski definition) is 1. The molecule has 0 rings (SSSR count). The predicted octanol–water partition coefficient (Wildman–Crippen LogP) is 2.08. The average Bonchev–Trinajstić information content (AvgIpc) is 2.04. The molecular weight excluding hydrogens is 150 g/mol. The SMILES string of the molecule is CO/C(C)=C(/C=C\C(C)C)CN. The van der Waals surface area contributed by atoms with E-state index in [4.69, 9.17) is 10.5 Å². The summed E-state index contributed by atoms with van der Waals surface area (Å²) < 4.78 is 5.08. The lowest BCUT2D eigenvalue weighted by molar-refractivity contribution is 0.289. The molecule has 70 valence electrons. The Morgan fingerprint density at radius 2 is 2.08 bits per heavy atom. The van der Waals surface area contributed by atoms with Crippen molar-refractivity contribution in [3.8, 4) is 0 Å². The summed E-state index contributed by atoms with van der Waals surface area (Å²) in [5.41, 5.74) is 6.61. The first kappa shape index (κ1) is 11.2. The van der Waals surface area contributed by atoms with Crippen LogP contribution in [0.4, 0.5) is 0 Å². The van der Waals surface area contributed by atoms with Crippen molar-refractivity contribution in [1.29, 1.82) is 0 Å². The highest BCUT2D eigenvalue weighted by Crippen LogP contribution is 2.06. The number of nitrogens with two attached hydrogens (primary N) is 1. The molecule has 0 aliphatic rings. The fourth-order valence-electron chi connectivity index (χ4n) is 0.769. The zero-order valence-corrected chi connectivity index (χ0v) is 8.42. The van der Waals surface area contributed by atoms with Crippen molar-refractivity contribution in [2.24, 2.45) is 11.7 Å². The van der Waals surface area contributed by atoms with Gasteiger partial charge in [-0.1, -0.05) is 26.0 Å². The van der Waals surface area contributed by atoms with Crippen molar-refractivity contribution < 1.29 is 4.74 Å². The summed E-state index contributed by atoms with van der Waals surface area (Å²) >= 11 is 0. The smallest absolute Gasteiger partial charge is 0.0969 e. The fourth-order valence-corrected chi connectivity index (χ4v) is 0.769. The number of methoxy groups -OCH3 is 1. The van der Waals surface area contributed by atoms with Crippen molar-refractivity contribution in [2.45, 2.75) is 20.8 Å². The Hall–Kier alpha value is -0.760. The summed E-state index contributed by atoms with van der Waals surface area (Å²) in [5, 5.41) is 0. The standard InChI is InChI=1S/C10H19NO/c1-8(2)5-6-10(7-11)9(3)12-4/h5-6,8H,7,11H2,1-4H3/b6-5-,10-9-. The topological polar surface area (TPSA) is 35.2 Å². The minimum Gasteiger partial charge on any atom is -0.501 e. The van der Waals surface area contributed by atoms with E-state index in [1.807, 2.05) is 13.0 Å². The van der Waals surface area contributed by atoms with Crippen LogP contribution in [0.3, 0.4) is 0 Å². The van der Waals surface area contributed by atoms with Crippen molar-refractivity contribution in [1.82, 2.24) is 0 Å². The lowest BCUT2D eigenvalue weighted by atomic mass is 10.1. The summed E-state index contributed by atoms with van der Waals surface area (Å²) in [6.45, 7) is 6.72. The van der Waals surface area contributed by atoms with Crippen LogP contribution >= 0.6 is 0 Å². The number of hydrogen-bond acceptors (Lipinski definition) is 2. The molecule has 2 heteroatoms. The van der Waals surface area contributed by atoms with Crippen LogP contribution in [-0.2, 0) is 4.74 Å². The summed E-state index contributed by atoms with van der Waals surface area (Å²) in [4.78, 5) is 0. The van der Waals surface area contributed by atoms with Crippen LogP contribution in [0.2, 0.25) is 0 Å². The average molecular weight is 169 g/mol. The third-order valence-corrected chi connectivity index (χ3v) is 1.66. The van der Waals surface area contributed by atoms with Crippen LogP contribution in [0, 0.1) is 5.92 Å². The van der Waals surface area contributed by atoms with Crippen molar-refractivity contribution >= 4 is 0 Å². The van der Waals surface area contributed by atoms with Crippen LogP contribution in [0.5, 0.6) is 0 Å². The summed E-state index contributed by atoms with van der Waals surface area (Å²) in [5.74, 6) is 1.45. The highest BCUT2D eigenvalue weighted by Gasteiger charge is 1.95. The number of allylic oxidation sites excluding steroid dienone is 2. The van der Waals surface area contributed by atoms with E-state index < -0.39 is 0 Å². The summed E-state index contributed by atoms with van der Waals surface area (Å²) in [6, 6.07) is 0. The molecule has 0 aromatic heterocycles. The predicted molar refractivity (Wildman–Crippen MR) is 52.7 cm³/mol. The molecule has 2 nitrogen and oxygen atoms in total. The molecule has 0 saturated carbocycles. The van der Waals surface area contributed by atoms with E-state index in [0.717, 1.165) is 11.3 Å². The highest BCUT2D eigenvalue weighted by molar-refractivity contribution is 5.22. The minimum atomic E-state index is 0.531. The van der Waals surface area contributed by atoms with E-state index >= 15 is 0 Å². The zero-order chi connectivity index (χ0) is 9.56. The first-order valence-electron chi connectivity index (χ1n) is 4.23. The molecule has 0 atom stereocenters. The van der Waals surface area contributed by atoms with Gasteiger partial charge in [0.2, 0.25) is 0 Å². The molecule has 0 saturated heterocycles. The van der Waals surface area contributed by atoms with Gasteiger partial charge in [-0.25, -0.2) is 0 Å². The first-order chi connectivity index (χ1) is 5.61. The first-order valence-corrected chi connectivity index (χ1v) is 4.23. The van der Waals surface area contributed by atoms with Gasteiger partial charge in [0.25, 0.3) is 0 Å². The zero-order valence-electron chi connectivity index (χ0n) is 8.42. The summed E-state index contributed by atoms with van der Waals surface area (Å²) in [6.07, 6.45) is 4.15. The molecule has 0 bridgehead atoms. The second-order valence-corrected chi connectivity index (χ2v) is 3.09. The van der Waals surface area contributed by atoms with Crippen LogP contribution in [0.25, 0.3) is 0 Å². The Morgan fingerprint density at radius 1 is 1.50 bits per heavy atom. The van der Waals surface area contributed by atoms with Gasteiger partial charge in [-0.3, -0.25) is 0 Å². The lowest BCUT2D eigenvalue weighted by Crippen LogP contribution is -2.04. The molecule has 0 amide bonds. The Kier molecular flexibility index (Phi) is 5.47. The van der Waals surface area contributed by atoms with E-state index in [9.17, 15) is 0 Å². The van der Waals surface area contributed by atoms with Gasteiger partial charge in [0.05, 0.1) is 12.9 Å². The maximum atomic E-state index is 5.55. The highest BCUT2D eigenvalue weighted by atomic mass is 16.5. The van der Waals surface area contributed by atoms with Crippen molar-refractivity contribution in [2.75, 3.05) is 13.7 Å². The van der Waals surface area contributed by atoms with E-state index in [1.54, 1.807) is 7.11 Å². The molecule has 12 heavy (non-hydrogen) atoms. The van der Waals surface area contributed by atoms with Gasteiger partial charge < -0.3 is 10.5 Å². The quantitative estimate of drug-likeness (QED) is 0.516. The Balaban J connectivity index is 4.36. The van der Waals surface area contributed by atoms with E-state index in [1.165, 1.54) is 0 Å². The Bertz CT molecular complexity index is 180. The second kappa shape index (κ2) is 5.84. The van der Waals surface area contributed by atoms with Gasteiger partial charge in [-0.15, -0.1) is 0 Å². The second-order valence-electron chi connectivity index (χ2n) is 3.09. The van der Waals surface area contributed by atoms with E-state index in [2.05, 4.69) is 19.9 Å². The molecule has 0 heterocycles. The van der Waals surface area contributed by atoms with Crippen LogP contribution in [-0.4, -0.2) is 13.7 Å². The molecule has 0 fully saturated rings. The molecule has 0 aliphatic heterocycles. The Morgan fingerprint density at radius 3 is 2.42 bits per heavy atom. The molecule has 0 aromatic rings. The summed E-state index contributed by atoms with van der Waals surface area (Å²) in [7, 11) is 1.66. The van der Waals surface area contributed by atoms with Gasteiger partial charge in [-0.05, 0) is 12.8 Å². The van der Waals surface area contributed by atoms with Crippen LogP contribution in [0.1, 0.15) is 20.8 Å². The van der Waals surface area contributed by atoms with Crippen molar-refractivity contribution in [3.63, 3.8) is 0 Å². The third-order valence-electron chi connectivity index (χ3n) is 1.66. The monoisotopic (exact) mass is 169 g/mol. The molecule has 0 unspecified atom stereocenters. The van der Waals surface area contributed by atoms with Gasteiger partial charge in [0.15, 0.2) is 0 Å². The number of rotatable bonds is 4.